The lowest BCUT2D eigenvalue weighted by atomic mass is 10.2. The fraction of sp³-hybridized carbons (Fsp3) is 0.125. The highest BCUT2D eigenvalue weighted by Gasteiger charge is 2.21. The topological polar surface area (TPSA) is 85.6 Å². The van der Waals surface area contributed by atoms with Crippen molar-refractivity contribution in [3.05, 3.63) is 55.9 Å². The van der Waals surface area contributed by atoms with Crippen LogP contribution in [0.25, 0.3) is 5.65 Å². The van der Waals surface area contributed by atoms with Gasteiger partial charge in [0, 0.05) is 12.4 Å². The van der Waals surface area contributed by atoms with Crippen LogP contribution in [-0.2, 0) is 9.53 Å². The molecule has 1 N–H and O–H groups in total. The van der Waals surface area contributed by atoms with Crippen molar-refractivity contribution in [2.75, 3.05) is 11.9 Å². The average Bonchev–Trinajstić information content (AvgIpc) is 2.97. The lowest BCUT2D eigenvalue weighted by molar-refractivity contribution is -0.119. The van der Waals surface area contributed by atoms with E-state index in [0.29, 0.717) is 11.3 Å². The highest BCUT2D eigenvalue weighted by molar-refractivity contribution is 6.50. The first-order valence-electron chi connectivity index (χ1n) is 7.39. The van der Waals surface area contributed by atoms with Crippen molar-refractivity contribution in [2.24, 2.45) is 0 Å². The van der Waals surface area contributed by atoms with Crippen LogP contribution in [0.15, 0.2) is 24.5 Å². The molecule has 3 rings (SSSR count). The van der Waals surface area contributed by atoms with E-state index in [4.69, 9.17) is 51.1 Å². The molecule has 11 heteroatoms. The third-order valence-corrected chi connectivity index (χ3v) is 5.06. The van der Waals surface area contributed by atoms with Crippen LogP contribution in [0.2, 0.25) is 20.1 Å². The predicted molar refractivity (Wildman–Crippen MR) is 103 cm³/mol. The summed E-state index contributed by atoms with van der Waals surface area (Å²) in [4.78, 5) is 28.6. The molecule has 0 fully saturated rings. The summed E-state index contributed by atoms with van der Waals surface area (Å²) in [6, 6.07) is 3.02. The molecule has 2 aromatic heterocycles. The van der Waals surface area contributed by atoms with E-state index < -0.39 is 18.5 Å². The monoisotopic (exact) mass is 446 g/mol. The molecule has 0 saturated carbocycles. The van der Waals surface area contributed by atoms with Crippen LogP contribution in [0, 0.1) is 6.92 Å². The van der Waals surface area contributed by atoms with Gasteiger partial charge in [0.25, 0.3) is 5.91 Å². The third-order valence-electron chi connectivity index (χ3n) is 3.49. The van der Waals surface area contributed by atoms with Crippen LogP contribution >= 0.6 is 46.4 Å². The van der Waals surface area contributed by atoms with Gasteiger partial charge in [0.15, 0.2) is 12.3 Å². The second kappa shape index (κ2) is 7.90. The predicted octanol–water partition coefficient (Wildman–Crippen LogP) is 4.45. The fourth-order valence-electron chi connectivity index (χ4n) is 2.30. The maximum absolute atomic E-state index is 12.3. The summed E-state index contributed by atoms with van der Waals surface area (Å²) in [7, 11) is 0. The number of carbonyl (C=O) groups excluding carboxylic acids is 2. The van der Waals surface area contributed by atoms with Crippen LogP contribution in [0.4, 0.5) is 5.69 Å². The molecule has 0 spiro atoms. The smallest absolute Gasteiger partial charge is 0.344 e. The van der Waals surface area contributed by atoms with Gasteiger partial charge in [-0.1, -0.05) is 46.4 Å². The Bertz CT molecular complexity index is 1040. The van der Waals surface area contributed by atoms with Crippen molar-refractivity contribution in [1.82, 2.24) is 14.6 Å². The Hall–Kier alpha value is -2.06. The summed E-state index contributed by atoms with van der Waals surface area (Å²) in [6.07, 6.45) is 3.17. The van der Waals surface area contributed by atoms with Crippen LogP contribution in [0.3, 0.4) is 0 Å². The second-order valence-electron chi connectivity index (χ2n) is 5.32. The number of halogens is 4. The van der Waals surface area contributed by atoms with Crippen molar-refractivity contribution in [3.63, 3.8) is 0 Å². The van der Waals surface area contributed by atoms with E-state index in [-0.39, 0.29) is 31.3 Å². The third kappa shape index (κ3) is 3.96. The van der Waals surface area contributed by atoms with Crippen molar-refractivity contribution in [3.8, 4) is 0 Å². The van der Waals surface area contributed by atoms with Crippen molar-refractivity contribution in [2.45, 2.75) is 6.92 Å². The minimum absolute atomic E-state index is 0.0217. The number of aromatic nitrogens is 3. The number of esters is 1. The van der Waals surface area contributed by atoms with E-state index in [1.165, 1.54) is 16.8 Å². The molecule has 1 aromatic carbocycles. The van der Waals surface area contributed by atoms with Gasteiger partial charge in [-0.25, -0.2) is 14.3 Å². The Morgan fingerprint density at radius 3 is 2.52 bits per heavy atom. The zero-order valence-electron chi connectivity index (χ0n) is 13.6. The van der Waals surface area contributed by atoms with Crippen molar-refractivity contribution in [1.29, 1.82) is 0 Å². The van der Waals surface area contributed by atoms with Crippen molar-refractivity contribution >= 4 is 69.6 Å². The van der Waals surface area contributed by atoms with Crippen LogP contribution < -0.4 is 5.32 Å². The first-order valence-corrected chi connectivity index (χ1v) is 8.90. The molecule has 140 valence electrons. The first-order chi connectivity index (χ1) is 12.8. The van der Waals surface area contributed by atoms with Gasteiger partial charge in [-0.2, -0.15) is 5.10 Å². The molecule has 0 saturated heterocycles. The number of rotatable bonds is 4. The number of ether oxygens (including phenoxy) is 1. The van der Waals surface area contributed by atoms with Gasteiger partial charge < -0.3 is 10.1 Å². The van der Waals surface area contributed by atoms with Gasteiger partial charge in [0.05, 0.1) is 31.5 Å². The summed E-state index contributed by atoms with van der Waals surface area (Å²) in [5.41, 5.74) is 0.955. The number of amides is 1. The molecular formula is C16H10Cl4N4O3. The van der Waals surface area contributed by atoms with Gasteiger partial charge in [-0.15, -0.1) is 0 Å². The highest BCUT2D eigenvalue weighted by atomic mass is 35.5. The van der Waals surface area contributed by atoms with E-state index in [2.05, 4.69) is 15.4 Å². The zero-order chi connectivity index (χ0) is 19.7. The normalized spacial score (nSPS) is 10.9. The number of hydrogen-bond acceptors (Lipinski definition) is 5. The number of nitrogens with one attached hydrogen (secondary N) is 1. The number of nitrogens with zero attached hydrogens (tertiary/aromatic N) is 3. The van der Waals surface area contributed by atoms with Crippen molar-refractivity contribution < 1.29 is 14.3 Å². The zero-order valence-corrected chi connectivity index (χ0v) is 16.6. The van der Waals surface area contributed by atoms with Gasteiger partial charge in [0.1, 0.15) is 5.56 Å². The SMILES string of the molecule is Cc1nn2cccnc2c1C(=O)OCC(=O)Nc1c(Cl)c(Cl)cc(Cl)c1Cl. The molecule has 7 nitrogen and oxygen atoms in total. The number of fused-ring (bicyclic) bond motifs is 1. The lowest BCUT2D eigenvalue weighted by Gasteiger charge is -2.12. The molecule has 0 aliphatic rings. The summed E-state index contributed by atoms with van der Waals surface area (Å²) in [6.45, 7) is 1.05. The molecule has 3 aromatic rings. The van der Waals surface area contributed by atoms with Crippen LogP contribution in [-0.4, -0.2) is 33.1 Å². The summed E-state index contributed by atoms with van der Waals surface area (Å²) in [5.74, 6) is -1.41. The van der Waals surface area contributed by atoms with E-state index in [9.17, 15) is 9.59 Å². The van der Waals surface area contributed by atoms with Crippen LogP contribution in [0.1, 0.15) is 16.1 Å². The lowest BCUT2D eigenvalue weighted by Crippen LogP contribution is -2.21. The van der Waals surface area contributed by atoms with E-state index in [0.717, 1.165) is 0 Å². The molecule has 0 atom stereocenters. The minimum atomic E-state index is -0.738. The standard InChI is InChI=1S/C16H10Cl4N4O3/c1-7-11(15-21-3-2-4-24(15)23-7)16(26)27-6-10(25)22-14-12(19)8(17)5-9(18)13(14)20/h2-5H,6H2,1H3,(H,22,25). The van der Waals surface area contributed by atoms with E-state index in [1.807, 2.05) is 0 Å². The maximum atomic E-state index is 12.3. The quantitative estimate of drug-likeness (QED) is 0.471. The number of anilines is 1. The number of carbonyl (C=O) groups is 2. The molecule has 0 bridgehead atoms. The molecule has 0 aliphatic heterocycles. The largest absolute Gasteiger partial charge is 0.452 e. The summed E-state index contributed by atoms with van der Waals surface area (Å²) in [5, 5.41) is 6.86. The fourth-order valence-corrected chi connectivity index (χ4v) is 3.20. The molecule has 2 heterocycles. The van der Waals surface area contributed by atoms with E-state index in [1.54, 1.807) is 19.2 Å². The maximum Gasteiger partial charge on any atom is 0.344 e. The Balaban J connectivity index is 1.73. The Morgan fingerprint density at radius 2 is 1.85 bits per heavy atom. The highest BCUT2D eigenvalue weighted by Crippen LogP contribution is 2.40. The molecule has 1 amide bonds. The number of aryl methyl sites for hydroxylation is 1. The average molecular weight is 448 g/mol. The van der Waals surface area contributed by atoms with Gasteiger partial charge >= 0.3 is 5.97 Å². The molecule has 0 unspecified atom stereocenters. The molecule has 0 aliphatic carbocycles. The Morgan fingerprint density at radius 1 is 1.19 bits per heavy atom. The minimum Gasteiger partial charge on any atom is -0.452 e. The summed E-state index contributed by atoms with van der Waals surface area (Å²) < 4.78 is 6.50. The van der Waals surface area contributed by atoms with Crippen LogP contribution in [0.5, 0.6) is 0 Å². The summed E-state index contributed by atoms with van der Waals surface area (Å²) >= 11 is 23.9. The Labute approximate surface area is 173 Å². The molecular weight excluding hydrogens is 438 g/mol. The molecule has 0 radical (unpaired) electrons. The Kier molecular flexibility index (Phi) is 5.76. The first kappa shape index (κ1) is 19.7. The van der Waals surface area contributed by atoms with Gasteiger partial charge in [-0.05, 0) is 19.1 Å². The van der Waals surface area contributed by atoms with Gasteiger partial charge in [0.2, 0.25) is 0 Å². The number of hydrogen-bond donors (Lipinski definition) is 1. The second-order valence-corrected chi connectivity index (χ2v) is 6.89. The van der Waals surface area contributed by atoms with E-state index >= 15 is 0 Å². The molecule has 27 heavy (non-hydrogen) atoms. The van der Waals surface area contributed by atoms with Gasteiger partial charge in [-0.3, -0.25) is 4.79 Å². The number of benzene rings is 1.